The minimum atomic E-state index is -1.47. The first-order chi connectivity index (χ1) is 20.7. The molecule has 0 N–H and O–H groups in total. The van der Waals surface area contributed by atoms with Gasteiger partial charge in [0.15, 0.2) is 30.7 Å². The molecule has 4 aliphatic carbocycles. The first kappa shape index (κ1) is 31.7. The summed E-state index contributed by atoms with van der Waals surface area (Å²) in [6.07, 6.45) is 0.921. The number of methoxy groups -OCH3 is 1. The van der Waals surface area contributed by atoms with Crippen LogP contribution in [0, 0.1) is 39.9 Å². The molecule has 2 heterocycles. The molecule has 1 spiro atoms. The van der Waals surface area contributed by atoms with Crippen molar-refractivity contribution < 1.29 is 52.3 Å². The van der Waals surface area contributed by atoms with Crippen LogP contribution in [0.15, 0.2) is 0 Å². The Hall–Kier alpha value is -2.24. The molecule has 4 saturated carbocycles. The van der Waals surface area contributed by atoms with E-state index in [2.05, 4.69) is 20.8 Å². The molecule has 246 valence electrons. The van der Waals surface area contributed by atoms with Gasteiger partial charge < -0.3 is 33.2 Å². The fourth-order valence-electron chi connectivity index (χ4n) is 11.1. The van der Waals surface area contributed by atoms with Crippen molar-refractivity contribution in [2.75, 3.05) is 13.7 Å². The molecule has 0 aromatic rings. The summed E-state index contributed by atoms with van der Waals surface area (Å²) in [5.41, 5.74) is 0.468. The smallest absolute Gasteiger partial charge is 0.339 e. The van der Waals surface area contributed by atoms with E-state index >= 15 is 0 Å². The molecular weight excluding hydrogens is 572 g/mol. The van der Waals surface area contributed by atoms with Gasteiger partial charge in [0, 0.05) is 32.1 Å². The van der Waals surface area contributed by atoms with Gasteiger partial charge >= 0.3 is 23.9 Å². The van der Waals surface area contributed by atoms with Crippen molar-refractivity contribution in [1.29, 1.82) is 0 Å². The average Bonchev–Trinajstić information content (AvgIpc) is 3.38. The number of carbonyl (C=O) groups excluding carboxylic acids is 4. The van der Waals surface area contributed by atoms with Crippen molar-refractivity contribution >= 4 is 23.9 Å². The molecule has 0 aromatic heterocycles. The lowest BCUT2D eigenvalue weighted by Crippen LogP contribution is -2.64. The van der Waals surface area contributed by atoms with Crippen LogP contribution in [0.1, 0.15) is 86.5 Å². The number of esters is 4. The average molecular weight is 621 g/mol. The van der Waals surface area contributed by atoms with E-state index in [0.717, 1.165) is 32.6 Å². The van der Waals surface area contributed by atoms with Gasteiger partial charge in [-0.15, -0.1) is 0 Å². The normalized spacial score (nSPS) is 46.7. The molecule has 6 fully saturated rings. The zero-order valence-corrected chi connectivity index (χ0v) is 27.0. The summed E-state index contributed by atoms with van der Waals surface area (Å²) in [5, 5.41) is 0. The number of hydrogen-bond acceptors (Lipinski definition) is 11. The largest absolute Gasteiger partial charge is 0.467 e. The Kier molecular flexibility index (Phi) is 8.10. The Labute approximate surface area is 259 Å². The number of rotatable bonds is 6. The SMILES string of the molecule is COC(=O)[C@@H]1O[C@@H](O[C@@H]2[C@@H]3CC[C@H]4[C@]5(C)CCCC(C)(C)[C@H]5C[C@@H]5OC[C@@H]2[C@@]54C3)[C@H](OC(C)=O)[C@@H](OC(C)=O)[C@@H]1OC(C)=O. The van der Waals surface area contributed by atoms with Gasteiger partial charge in [-0.2, -0.15) is 0 Å². The number of fused-ring (bicyclic) bond motifs is 3. The lowest BCUT2D eigenvalue weighted by molar-refractivity contribution is -0.315. The maximum absolute atomic E-state index is 13.0. The van der Waals surface area contributed by atoms with Crippen LogP contribution in [-0.2, 0) is 52.3 Å². The Morgan fingerprint density at radius 3 is 2.11 bits per heavy atom. The van der Waals surface area contributed by atoms with Gasteiger partial charge in [-0.05, 0) is 67.1 Å². The molecule has 0 unspecified atom stereocenters. The molecule has 6 aliphatic rings. The van der Waals surface area contributed by atoms with Crippen LogP contribution in [0.5, 0.6) is 0 Å². The van der Waals surface area contributed by atoms with E-state index in [1.807, 2.05) is 0 Å². The van der Waals surface area contributed by atoms with E-state index in [0.29, 0.717) is 18.4 Å². The predicted octanol–water partition coefficient (Wildman–Crippen LogP) is 3.73. The minimum Gasteiger partial charge on any atom is -0.467 e. The zero-order valence-electron chi connectivity index (χ0n) is 27.0. The van der Waals surface area contributed by atoms with Crippen molar-refractivity contribution in [3.8, 4) is 0 Å². The highest BCUT2D eigenvalue weighted by Crippen LogP contribution is 2.75. The van der Waals surface area contributed by atoms with Crippen LogP contribution in [-0.4, -0.2) is 80.5 Å². The quantitative estimate of drug-likeness (QED) is 0.318. The molecule has 2 aliphatic heterocycles. The Morgan fingerprint density at radius 2 is 1.45 bits per heavy atom. The molecule has 2 bridgehead atoms. The molecule has 13 atom stereocenters. The molecule has 11 nitrogen and oxygen atoms in total. The van der Waals surface area contributed by atoms with Gasteiger partial charge in [0.1, 0.15) is 0 Å². The van der Waals surface area contributed by atoms with E-state index in [1.54, 1.807) is 0 Å². The molecule has 0 amide bonds. The first-order valence-corrected chi connectivity index (χ1v) is 16.2. The standard InChI is InChI=1S/C33H48O11/c1-16(34)40-25-26(41-17(2)35)28(42-18(3)36)30(44-27(25)29(37)38-7)43-24-19-9-10-21-32(6)12-8-11-31(4,5)22(32)13-23-33(21,14-19)20(24)15-39-23/h19-28,30H,8-15H2,1-7H3/t19-,20+,21+,22-,23+,24-,25+,26+,27-,28-,30-,32+,33-/m1/s1. The molecule has 11 heteroatoms. The third-order valence-electron chi connectivity index (χ3n) is 12.4. The van der Waals surface area contributed by atoms with Gasteiger partial charge in [-0.1, -0.05) is 27.2 Å². The molecule has 2 saturated heterocycles. The summed E-state index contributed by atoms with van der Waals surface area (Å²) >= 11 is 0. The van der Waals surface area contributed by atoms with Crippen LogP contribution in [0.3, 0.4) is 0 Å². The molecule has 0 radical (unpaired) electrons. The van der Waals surface area contributed by atoms with Crippen molar-refractivity contribution in [1.82, 2.24) is 0 Å². The van der Waals surface area contributed by atoms with Crippen LogP contribution in [0.25, 0.3) is 0 Å². The third kappa shape index (κ3) is 4.87. The highest BCUT2D eigenvalue weighted by molar-refractivity contribution is 5.77. The summed E-state index contributed by atoms with van der Waals surface area (Å²) in [7, 11) is 1.18. The summed E-state index contributed by atoms with van der Waals surface area (Å²) in [6, 6.07) is 0. The van der Waals surface area contributed by atoms with Crippen LogP contribution in [0.4, 0.5) is 0 Å². The maximum atomic E-state index is 13.0. The highest BCUT2D eigenvalue weighted by atomic mass is 16.7. The van der Waals surface area contributed by atoms with Crippen LogP contribution >= 0.6 is 0 Å². The van der Waals surface area contributed by atoms with Crippen molar-refractivity contribution in [3.63, 3.8) is 0 Å². The Bertz CT molecular complexity index is 1180. The Balaban J connectivity index is 1.34. The summed E-state index contributed by atoms with van der Waals surface area (Å²) in [4.78, 5) is 49.6. The van der Waals surface area contributed by atoms with E-state index in [-0.39, 0.29) is 40.3 Å². The number of hydrogen-bond donors (Lipinski definition) is 0. The van der Waals surface area contributed by atoms with Crippen molar-refractivity contribution in [2.45, 2.75) is 129 Å². The lowest BCUT2D eigenvalue weighted by atomic mass is 9.40. The highest BCUT2D eigenvalue weighted by Gasteiger charge is 2.74. The van der Waals surface area contributed by atoms with E-state index in [4.69, 9.17) is 33.2 Å². The molecule has 6 rings (SSSR count). The minimum absolute atomic E-state index is 0.0187. The molecular formula is C33H48O11. The van der Waals surface area contributed by atoms with E-state index < -0.39 is 54.6 Å². The number of carbonyl (C=O) groups is 4. The van der Waals surface area contributed by atoms with Crippen LogP contribution < -0.4 is 0 Å². The molecule has 0 aromatic carbocycles. The van der Waals surface area contributed by atoms with E-state index in [1.165, 1.54) is 40.2 Å². The maximum Gasteiger partial charge on any atom is 0.339 e. The second-order valence-corrected chi connectivity index (χ2v) is 15.0. The summed E-state index contributed by atoms with van der Waals surface area (Å²) in [5.74, 6) is -1.50. The Morgan fingerprint density at radius 1 is 0.795 bits per heavy atom. The predicted molar refractivity (Wildman–Crippen MR) is 153 cm³/mol. The van der Waals surface area contributed by atoms with Gasteiger partial charge in [0.25, 0.3) is 0 Å². The second-order valence-electron chi connectivity index (χ2n) is 15.0. The van der Waals surface area contributed by atoms with Crippen molar-refractivity contribution in [2.24, 2.45) is 39.9 Å². The summed E-state index contributed by atoms with van der Waals surface area (Å²) in [6.45, 7) is 11.5. The second kappa shape index (κ2) is 11.2. The summed E-state index contributed by atoms with van der Waals surface area (Å²) < 4.78 is 41.3. The zero-order chi connectivity index (χ0) is 31.8. The first-order valence-electron chi connectivity index (χ1n) is 16.2. The fraction of sp³-hybridized carbons (Fsp3) is 0.879. The third-order valence-corrected chi connectivity index (χ3v) is 12.4. The number of ether oxygens (including phenoxy) is 7. The van der Waals surface area contributed by atoms with Crippen molar-refractivity contribution in [3.05, 3.63) is 0 Å². The van der Waals surface area contributed by atoms with Gasteiger partial charge in [-0.25, -0.2) is 4.79 Å². The van der Waals surface area contributed by atoms with Gasteiger partial charge in [0.05, 0.1) is 25.9 Å². The van der Waals surface area contributed by atoms with Gasteiger partial charge in [0.2, 0.25) is 0 Å². The van der Waals surface area contributed by atoms with E-state index in [9.17, 15) is 19.2 Å². The molecule has 44 heavy (non-hydrogen) atoms. The monoisotopic (exact) mass is 620 g/mol. The topological polar surface area (TPSA) is 133 Å². The van der Waals surface area contributed by atoms with Crippen LogP contribution in [0.2, 0.25) is 0 Å². The fourth-order valence-corrected chi connectivity index (χ4v) is 11.1. The van der Waals surface area contributed by atoms with Gasteiger partial charge in [-0.3, -0.25) is 14.4 Å². The lowest BCUT2D eigenvalue weighted by Gasteiger charge is -2.65.